The van der Waals surface area contributed by atoms with Gasteiger partial charge >= 0.3 is 0 Å². The Morgan fingerprint density at radius 1 is 1.03 bits per heavy atom. The highest BCUT2D eigenvalue weighted by atomic mass is 32.2. The predicted molar refractivity (Wildman–Crippen MR) is 106 cm³/mol. The lowest BCUT2D eigenvalue weighted by atomic mass is 9.90. The SMILES string of the molecule is O=S(=O)(C1CC1)N1C[C@@H]2CN(Cc3noc(C4CC4)n3)C[C@@H]2[C@H]1c1ccccc1. The van der Waals surface area contributed by atoms with Crippen LogP contribution in [0.5, 0.6) is 0 Å². The molecule has 1 aromatic heterocycles. The minimum absolute atomic E-state index is 0.0657. The molecule has 2 aliphatic heterocycles. The smallest absolute Gasteiger partial charge is 0.229 e. The molecular formula is C21H26N4O3S. The maximum Gasteiger partial charge on any atom is 0.229 e. The van der Waals surface area contributed by atoms with Gasteiger partial charge in [-0.25, -0.2) is 8.42 Å². The van der Waals surface area contributed by atoms with Crippen LogP contribution in [-0.2, 0) is 16.6 Å². The second kappa shape index (κ2) is 6.62. The molecule has 2 saturated heterocycles. The van der Waals surface area contributed by atoms with E-state index in [-0.39, 0.29) is 11.3 Å². The number of likely N-dealkylation sites (tertiary alicyclic amines) is 1. The first-order valence-electron chi connectivity index (χ1n) is 10.7. The van der Waals surface area contributed by atoms with Gasteiger partial charge in [-0.15, -0.1) is 0 Å². The van der Waals surface area contributed by atoms with E-state index in [0.29, 0.717) is 30.8 Å². The Morgan fingerprint density at radius 2 is 1.83 bits per heavy atom. The van der Waals surface area contributed by atoms with E-state index in [0.717, 1.165) is 56.1 Å². The third-order valence-corrected chi connectivity index (χ3v) is 9.23. The van der Waals surface area contributed by atoms with Crippen LogP contribution in [-0.4, -0.2) is 52.6 Å². The summed E-state index contributed by atoms with van der Waals surface area (Å²) in [6.45, 7) is 3.06. The van der Waals surface area contributed by atoms with Crippen molar-refractivity contribution in [2.75, 3.05) is 19.6 Å². The summed E-state index contributed by atoms with van der Waals surface area (Å²) in [5, 5.41) is 4.00. The van der Waals surface area contributed by atoms with Gasteiger partial charge in [-0.3, -0.25) is 4.90 Å². The molecule has 4 fully saturated rings. The van der Waals surface area contributed by atoms with Crippen molar-refractivity contribution in [2.24, 2.45) is 11.8 Å². The number of aromatic nitrogens is 2. The van der Waals surface area contributed by atoms with Gasteiger partial charge in [0.15, 0.2) is 5.82 Å². The van der Waals surface area contributed by atoms with Gasteiger partial charge in [-0.1, -0.05) is 35.5 Å². The van der Waals surface area contributed by atoms with Gasteiger partial charge in [0.2, 0.25) is 15.9 Å². The Balaban J connectivity index is 1.23. The molecule has 2 aliphatic carbocycles. The van der Waals surface area contributed by atoms with Crippen LogP contribution in [0.3, 0.4) is 0 Å². The van der Waals surface area contributed by atoms with Gasteiger partial charge in [0.25, 0.3) is 0 Å². The zero-order chi connectivity index (χ0) is 19.6. The van der Waals surface area contributed by atoms with E-state index in [4.69, 9.17) is 4.52 Å². The summed E-state index contributed by atoms with van der Waals surface area (Å²) in [4.78, 5) is 6.94. The molecule has 3 atom stereocenters. The van der Waals surface area contributed by atoms with Crippen LogP contribution in [0, 0.1) is 11.8 Å². The van der Waals surface area contributed by atoms with E-state index in [1.807, 2.05) is 22.5 Å². The molecule has 0 unspecified atom stereocenters. The van der Waals surface area contributed by atoms with Gasteiger partial charge in [0, 0.05) is 25.6 Å². The molecule has 0 N–H and O–H groups in total. The van der Waals surface area contributed by atoms with Crippen LogP contribution in [0.2, 0.25) is 0 Å². The third kappa shape index (κ3) is 3.21. The summed E-state index contributed by atoms with van der Waals surface area (Å²) in [6.07, 6.45) is 3.92. The van der Waals surface area contributed by atoms with Crippen molar-refractivity contribution in [3.63, 3.8) is 0 Å². The summed E-state index contributed by atoms with van der Waals surface area (Å²) in [6, 6.07) is 10.1. The molecule has 2 aromatic rings. The topological polar surface area (TPSA) is 79.5 Å². The zero-order valence-electron chi connectivity index (χ0n) is 16.4. The van der Waals surface area contributed by atoms with E-state index in [1.165, 1.54) is 0 Å². The number of fused-ring (bicyclic) bond motifs is 1. The first-order valence-corrected chi connectivity index (χ1v) is 12.2. The Kier molecular flexibility index (Phi) is 4.12. The summed E-state index contributed by atoms with van der Waals surface area (Å²) >= 11 is 0. The lowest BCUT2D eigenvalue weighted by molar-refractivity contribution is 0.252. The number of hydrogen-bond donors (Lipinski definition) is 0. The molecule has 0 bridgehead atoms. The average molecular weight is 415 g/mol. The minimum Gasteiger partial charge on any atom is -0.339 e. The average Bonchev–Trinajstić information content (AvgIpc) is 3.63. The lowest BCUT2D eigenvalue weighted by Crippen LogP contribution is -2.37. The maximum absolute atomic E-state index is 13.1. The van der Waals surface area contributed by atoms with Crippen molar-refractivity contribution in [1.29, 1.82) is 0 Å². The van der Waals surface area contributed by atoms with Crippen LogP contribution in [0.15, 0.2) is 34.9 Å². The molecule has 2 saturated carbocycles. The number of sulfonamides is 1. The lowest BCUT2D eigenvalue weighted by Gasteiger charge is -2.29. The van der Waals surface area contributed by atoms with Crippen LogP contribution >= 0.6 is 0 Å². The number of hydrogen-bond acceptors (Lipinski definition) is 6. The fourth-order valence-corrected chi connectivity index (χ4v) is 7.25. The summed E-state index contributed by atoms with van der Waals surface area (Å²) in [5.74, 6) is 2.66. The second-order valence-corrected chi connectivity index (χ2v) is 11.3. The molecule has 4 aliphatic rings. The molecule has 0 spiro atoms. The highest BCUT2D eigenvalue weighted by Crippen LogP contribution is 2.49. The van der Waals surface area contributed by atoms with Gasteiger partial charge in [-0.05, 0) is 43.1 Å². The van der Waals surface area contributed by atoms with Crippen molar-refractivity contribution >= 4 is 10.0 Å². The Hall–Kier alpha value is -1.77. The third-order valence-electron chi connectivity index (χ3n) is 6.89. The monoisotopic (exact) mass is 414 g/mol. The van der Waals surface area contributed by atoms with Crippen molar-refractivity contribution in [3.8, 4) is 0 Å². The van der Waals surface area contributed by atoms with Crippen molar-refractivity contribution in [3.05, 3.63) is 47.6 Å². The van der Waals surface area contributed by atoms with Crippen molar-refractivity contribution in [1.82, 2.24) is 19.3 Å². The number of rotatable bonds is 6. The summed E-state index contributed by atoms with van der Waals surface area (Å²) < 4.78 is 33.5. The van der Waals surface area contributed by atoms with Gasteiger partial charge < -0.3 is 4.52 Å². The quantitative estimate of drug-likeness (QED) is 0.723. The normalized spacial score (nSPS) is 30.7. The summed E-state index contributed by atoms with van der Waals surface area (Å²) in [7, 11) is -3.21. The van der Waals surface area contributed by atoms with E-state index in [2.05, 4.69) is 27.2 Å². The van der Waals surface area contributed by atoms with Gasteiger partial charge in [0.05, 0.1) is 17.8 Å². The van der Waals surface area contributed by atoms with Crippen LogP contribution in [0.4, 0.5) is 0 Å². The summed E-state index contributed by atoms with van der Waals surface area (Å²) in [5.41, 5.74) is 1.11. The number of benzene rings is 1. The highest BCUT2D eigenvalue weighted by molar-refractivity contribution is 7.90. The molecule has 1 aromatic carbocycles. The molecule has 8 heteroatoms. The van der Waals surface area contributed by atoms with Gasteiger partial charge in [0.1, 0.15) is 0 Å². The minimum atomic E-state index is -3.21. The molecular weight excluding hydrogens is 388 g/mol. The maximum atomic E-state index is 13.1. The van der Waals surface area contributed by atoms with Gasteiger partial charge in [-0.2, -0.15) is 9.29 Å². The first kappa shape index (κ1) is 18.0. The van der Waals surface area contributed by atoms with Crippen molar-refractivity contribution < 1.29 is 12.9 Å². The number of nitrogens with zero attached hydrogens (tertiary/aromatic N) is 4. The van der Waals surface area contributed by atoms with E-state index < -0.39 is 10.0 Å². The molecule has 29 heavy (non-hydrogen) atoms. The first-order chi connectivity index (χ1) is 14.1. The molecule has 0 amide bonds. The molecule has 3 heterocycles. The van der Waals surface area contributed by atoms with Crippen LogP contribution in [0.25, 0.3) is 0 Å². The molecule has 0 radical (unpaired) electrons. The van der Waals surface area contributed by atoms with Crippen LogP contribution in [0.1, 0.15) is 54.9 Å². The predicted octanol–water partition coefficient (Wildman–Crippen LogP) is 2.54. The molecule has 6 rings (SSSR count). The van der Waals surface area contributed by atoms with Crippen LogP contribution < -0.4 is 0 Å². The molecule has 7 nitrogen and oxygen atoms in total. The zero-order valence-corrected chi connectivity index (χ0v) is 17.2. The fourth-order valence-electron chi connectivity index (χ4n) is 5.14. The fraction of sp³-hybridized carbons (Fsp3) is 0.619. The largest absolute Gasteiger partial charge is 0.339 e. The Labute approximate surface area is 171 Å². The van der Waals surface area contributed by atoms with E-state index in [9.17, 15) is 8.42 Å². The standard InChI is InChI=1S/C21H26N4O3S/c26-29(27,17-8-9-17)25-11-16-10-24(13-19-22-21(28-23-19)15-6-7-15)12-18(16)20(25)14-4-2-1-3-5-14/h1-5,15-18,20H,6-13H2/t16-,18-,20+/m0/s1. The highest BCUT2D eigenvalue weighted by Gasteiger charge is 2.54. The van der Waals surface area contributed by atoms with Crippen molar-refractivity contribution in [2.45, 2.75) is 49.4 Å². The van der Waals surface area contributed by atoms with E-state index >= 15 is 0 Å². The van der Waals surface area contributed by atoms with E-state index in [1.54, 1.807) is 0 Å². The molecule has 154 valence electrons. The Bertz CT molecular complexity index is 1000. The second-order valence-electron chi connectivity index (χ2n) is 9.11. The Morgan fingerprint density at radius 3 is 2.55 bits per heavy atom.